The summed E-state index contributed by atoms with van der Waals surface area (Å²) in [5.74, 6) is 0. The van der Waals surface area contributed by atoms with E-state index in [9.17, 15) is 0 Å². The lowest BCUT2D eigenvalue weighted by Crippen LogP contribution is -2.12. The van der Waals surface area contributed by atoms with Crippen molar-refractivity contribution >= 4 is 69.5 Å². The van der Waals surface area contributed by atoms with Crippen LogP contribution in [0.2, 0.25) is 0 Å². The van der Waals surface area contributed by atoms with Gasteiger partial charge in [-0.05, 0) is 91.5 Å². The third-order valence-electron chi connectivity index (χ3n) is 7.02. The van der Waals surface area contributed by atoms with Crippen LogP contribution in [0.15, 0.2) is 109 Å². The van der Waals surface area contributed by atoms with Gasteiger partial charge in [-0.15, -0.1) is 0 Å². The lowest BCUT2D eigenvalue weighted by molar-refractivity contribution is 1.51. The summed E-state index contributed by atoms with van der Waals surface area (Å²) in [6.07, 6.45) is 2.51. The maximum absolute atomic E-state index is 2.49. The Labute approximate surface area is 204 Å². The number of benzene rings is 6. The van der Waals surface area contributed by atoms with Crippen molar-refractivity contribution in [2.45, 2.75) is 0 Å². The van der Waals surface area contributed by atoms with E-state index in [1.807, 2.05) is 0 Å². The molecule has 0 saturated carbocycles. The summed E-state index contributed by atoms with van der Waals surface area (Å²) in [5, 5.41) is 14.4. The Morgan fingerprint density at radius 2 is 0.676 bits per heavy atom. The molecule has 2 heteroatoms. The highest BCUT2D eigenvalue weighted by Gasteiger charge is 2.18. The second-order valence-corrected chi connectivity index (χ2v) is 13.8. The molecule has 0 heterocycles. The van der Waals surface area contributed by atoms with Gasteiger partial charge >= 0.3 is 0 Å². The summed E-state index contributed by atoms with van der Waals surface area (Å²) >= 11 is 0. The van der Waals surface area contributed by atoms with Crippen molar-refractivity contribution in [3.8, 4) is 0 Å². The minimum Gasteiger partial charge on any atom is -0.0768 e. The zero-order valence-electron chi connectivity index (χ0n) is 19.7. The molecule has 34 heavy (non-hydrogen) atoms. The molecule has 0 amide bonds. The zero-order chi connectivity index (χ0) is 23.1. The first-order chi connectivity index (χ1) is 16.7. The number of fused-ring (bicyclic) bond motifs is 4. The van der Waals surface area contributed by atoms with Crippen molar-refractivity contribution in [3.05, 3.63) is 109 Å². The van der Waals surface area contributed by atoms with Crippen molar-refractivity contribution in [2.75, 3.05) is 25.7 Å². The van der Waals surface area contributed by atoms with E-state index in [-0.39, 0.29) is 15.8 Å². The first-order valence-electron chi connectivity index (χ1n) is 11.9. The Bertz CT molecular complexity index is 1420. The molecule has 0 nitrogen and oxygen atoms in total. The molecule has 2 atom stereocenters. The topological polar surface area (TPSA) is 0 Å². The zero-order valence-corrected chi connectivity index (χ0v) is 21.5. The smallest absolute Gasteiger partial charge is 0.00867 e. The molecule has 0 aromatic heterocycles. The van der Waals surface area contributed by atoms with Gasteiger partial charge in [0.15, 0.2) is 0 Å². The lowest BCUT2D eigenvalue weighted by atomic mass is 10.0. The fourth-order valence-electron chi connectivity index (χ4n) is 5.33. The quantitative estimate of drug-likeness (QED) is 0.174. The Hall–Kier alpha value is -2.78. The molecule has 0 spiro atoms. The van der Waals surface area contributed by atoms with E-state index in [4.69, 9.17) is 0 Å². The molecule has 0 radical (unpaired) electrons. The van der Waals surface area contributed by atoms with Gasteiger partial charge in [0, 0.05) is 0 Å². The van der Waals surface area contributed by atoms with Crippen LogP contribution < -0.4 is 10.6 Å². The van der Waals surface area contributed by atoms with E-state index in [0.717, 1.165) is 0 Å². The van der Waals surface area contributed by atoms with E-state index >= 15 is 0 Å². The Balaban J connectivity index is 1.39. The molecule has 0 aliphatic rings. The van der Waals surface area contributed by atoms with Gasteiger partial charge in [0.2, 0.25) is 0 Å². The molecule has 0 saturated heterocycles. The molecule has 0 aliphatic heterocycles. The van der Waals surface area contributed by atoms with E-state index < -0.39 is 0 Å². The SMILES string of the molecule is C[P@@](CC[P@](C)c1c2ccccc2cc2ccccc12)c1c2ccccc2cc2ccccc12. The van der Waals surface area contributed by atoms with Crippen LogP contribution in [-0.4, -0.2) is 25.7 Å². The fourth-order valence-corrected chi connectivity index (χ4v) is 10.6. The fraction of sp³-hybridized carbons (Fsp3) is 0.125. The molecule has 0 unspecified atom stereocenters. The Kier molecular flexibility index (Phi) is 5.82. The average molecular weight is 475 g/mol. The molecule has 166 valence electrons. The van der Waals surface area contributed by atoms with Crippen molar-refractivity contribution in [1.29, 1.82) is 0 Å². The number of rotatable bonds is 5. The summed E-state index contributed by atoms with van der Waals surface area (Å²) in [5.41, 5.74) is 0. The van der Waals surface area contributed by atoms with Crippen LogP contribution in [-0.2, 0) is 0 Å². The molecule has 0 bridgehead atoms. The van der Waals surface area contributed by atoms with Crippen LogP contribution in [0.5, 0.6) is 0 Å². The van der Waals surface area contributed by atoms with Gasteiger partial charge in [-0.3, -0.25) is 0 Å². The minimum absolute atomic E-state index is 0.268. The van der Waals surface area contributed by atoms with Crippen LogP contribution in [0.1, 0.15) is 0 Å². The molecule has 6 aromatic carbocycles. The molecule has 0 aliphatic carbocycles. The molecule has 6 rings (SSSR count). The van der Waals surface area contributed by atoms with Crippen LogP contribution >= 0.6 is 15.8 Å². The van der Waals surface area contributed by atoms with Crippen molar-refractivity contribution in [3.63, 3.8) is 0 Å². The van der Waals surface area contributed by atoms with E-state index in [1.165, 1.54) is 55.4 Å². The van der Waals surface area contributed by atoms with Gasteiger partial charge in [-0.1, -0.05) is 113 Å². The molecular formula is C32H28P2. The second kappa shape index (κ2) is 9.11. The predicted molar refractivity (Wildman–Crippen MR) is 158 cm³/mol. The third-order valence-corrected chi connectivity index (χ3v) is 11.7. The first-order valence-corrected chi connectivity index (χ1v) is 15.9. The van der Waals surface area contributed by atoms with Gasteiger partial charge in [0.05, 0.1) is 0 Å². The van der Waals surface area contributed by atoms with E-state index in [0.29, 0.717) is 0 Å². The number of hydrogen-bond acceptors (Lipinski definition) is 0. The van der Waals surface area contributed by atoms with Gasteiger partial charge in [0.25, 0.3) is 0 Å². The Morgan fingerprint density at radius 3 is 0.971 bits per heavy atom. The van der Waals surface area contributed by atoms with Crippen LogP contribution in [0.3, 0.4) is 0 Å². The van der Waals surface area contributed by atoms with Crippen molar-refractivity contribution in [1.82, 2.24) is 0 Å². The van der Waals surface area contributed by atoms with Crippen molar-refractivity contribution < 1.29 is 0 Å². The van der Waals surface area contributed by atoms with Crippen LogP contribution in [0, 0.1) is 0 Å². The van der Waals surface area contributed by atoms with Gasteiger partial charge in [-0.25, -0.2) is 0 Å². The summed E-state index contributed by atoms with van der Waals surface area (Å²) in [6.45, 7) is 4.99. The second-order valence-electron chi connectivity index (χ2n) is 9.18. The maximum Gasteiger partial charge on any atom is -0.00867 e. The molecular weight excluding hydrogens is 446 g/mol. The van der Waals surface area contributed by atoms with E-state index in [1.54, 1.807) is 10.6 Å². The maximum atomic E-state index is 2.49. The standard InChI is InChI=1S/C32H28P2/c1-33(31-27-15-7-3-11-23(27)21-24-12-4-8-16-28(24)31)19-20-34(2)32-29-17-9-5-13-25(29)22-26-14-6-10-18-30(26)32/h3-18,21-22H,19-20H2,1-2H3/t33-,34-/m0/s1. The normalized spacial score (nSPS) is 13.6. The van der Waals surface area contributed by atoms with E-state index in [2.05, 4.69) is 123 Å². The van der Waals surface area contributed by atoms with Crippen LogP contribution in [0.25, 0.3) is 43.1 Å². The van der Waals surface area contributed by atoms with Gasteiger partial charge < -0.3 is 0 Å². The molecule has 0 N–H and O–H groups in total. The highest BCUT2D eigenvalue weighted by molar-refractivity contribution is 7.69. The van der Waals surface area contributed by atoms with Gasteiger partial charge in [0.1, 0.15) is 0 Å². The monoisotopic (exact) mass is 474 g/mol. The molecule has 0 fully saturated rings. The highest BCUT2D eigenvalue weighted by Crippen LogP contribution is 2.43. The highest BCUT2D eigenvalue weighted by atomic mass is 31.1. The summed E-state index contributed by atoms with van der Waals surface area (Å²) < 4.78 is 0. The largest absolute Gasteiger partial charge is 0.0768 e. The third kappa shape index (κ3) is 3.80. The minimum atomic E-state index is -0.268. The summed E-state index contributed by atoms with van der Waals surface area (Å²) in [6, 6.07) is 40.5. The van der Waals surface area contributed by atoms with Gasteiger partial charge in [-0.2, -0.15) is 0 Å². The summed E-state index contributed by atoms with van der Waals surface area (Å²) in [4.78, 5) is 0. The Morgan fingerprint density at radius 1 is 0.412 bits per heavy atom. The number of hydrogen-bond donors (Lipinski definition) is 0. The van der Waals surface area contributed by atoms with Crippen molar-refractivity contribution in [2.24, 2.45) is 0 Å². The first kappa shape index (κ1) is 21.7. The summed E-state index contributed by atoms with van der Waals surface area (Å²) in [7, 11) is -0.537. The lowest BCUT2D eigenvalue weighted by Gasteiger charge is -2.22. The van der Waals surface area contributed by atoms with Crippen LogP contribution in [0.4, 0.5) is 0 Å². The molecule has 6 aromatic rings. The average Bonchev–Trinajstić information content (AvgIpc) is 2.88. The predicted octanol–water partition coefficient (Wildman–Crippen LogP) is 8.47.